The number of fused-ring (bicyclic) bond motifs is 1. The van der Waals surface area contributed by atoms with Crippen LogP contribution in [0.1, 0.15) is 12.8 Å². The van der Waals surface area contributed by atoms with Crippen LogP contribution in [0.4, 0.5) is 17.6 Å². The zero-order chi connectivity index (χ0) is 22.2. The minimum atomic E-state index is -5.34. The first kappa shape index (κ1) is 22.0. The third-order valence-electron chi connectivity index (χ3n) is 5.08. The molecule has 0 radical (unpaired) electrons. The molecule has 3 rings (SSSR count). The molecule has 2 aromatic rings. The number of likely N-dealkylation sites (tertiary alicyclic amines) is 1. The Morgan fingerprint density at radius 2 is 1.83 bits per heavy atom. The number of aromatic nitrogens is 2. The summed E-state index contributed by atoms with van der Waals surface area (Å²) < 4.78 is 57.9. The first-order chi connectivity index (χ1) is 14.0. The SMILES string of the molecule is Cn1c(=O)c2c(OC(=O)C(F)(F)F)cc(F)cc2n(CCN2CCC(N)CC2)c1=O. The summed E-state index contributed by atoms with van der Waals surface area (Å²) in [6, 6.07) is 1.46. The third kappa shape index (κ3) is 4.38. The smallest absolute Gasteiger partial charge is 0.419 e. The second kappa shape index (κ2) is 8.19. The summed E-state index contributed by atoms with van der Waals surface area (Å²) in [6.45, 7) is 1.83. The molecule has 0 unspecified atom stereocenters. The number of carbonyl (C=O) groups excluding carboxylic acids is 1. The van der Waals surface area contributed by atoms with Crippen molar-refractivity contribution in [2.75, 3.05) is 19.6 Å². The van der Waals surface area contributed by atoms with Crippen molar-refractivity contribution in [3.8, 4) is 5.75 Å². The molecule has 1 fully saturated rings. The molecule has 0 spiro atoms. The Morgan fingerprint density at radius 1 is 1.20 bits per heavy atom. The number of esters is 1. The van der Waals surface area contributed by atoms with Crippen LogP contribution < -0.4 is 21.7 Å². The maximum Gasteiger partial charge on any atom is 0.491 e. The van der Waals surface area contributed by atoms with E-state index >= 15 is 0 Å². The number of halogens is 4. The molecule has 1 aromatic heterocycles. The average molecular weight is 432 g/mol. The normalized spacial score (nSPS) is 16.2. The summed E-state index contributed by atoms with van der Waals surface area (Å²) in [6.07, 6.45) is -3.79. The Balaban J connectivity index is 2.06. The number of nitrogens with zero attached hydrogens (tertiary/aromatic N) is 3. The molecule has 0 atom stereocenters. The molecular formula is C18H20F4N4O4. The first-order valence-corrected chi connectivity index (χ1v) is 9.19. The number of benzene rings is 1. The van der Waals surface area contributed by atoms with E-state index in [2.05, 4.69) is 4.74 Å². The van der Waals surface area contributed by atoms with Gasteiger partial charge in [0.15, 0.2) is 0 Å². The number of ether oxygens (including phenoxy) is 1. The van der Waals surface area contributed by atoms with Crippen LogP contribution in [0.3, 0.4) is 0 Å². The van der Waals surface area contributed by atoms with Gasteiger partial charge in [-0.2, -0.15) is 13.2 Å². The Kier molecular flexibility index (Phi) is 5.99. The van der Waals surface area contributed by atoms with E-state index in [0.717, 1.165) is 30.5 Å². The summed E-state index contributed by atoms with van der Waals surface area (Å²) in [7, 11) is 1.14. The lowest BCUT2D eigenvalue weighted by atomic mass is 10.1. The molecule has 2 N–H and O–H groups in total. The van der Waals surface area contributed by atoms with Gasteiger partial charge in [0.2, 0.25) is 0 Å². The third-order valence-corrected chi connectivity index (χ3v) is 5.08. The van der Waals surface area contributed by atoms with Gasteiger partial charge in [-0.05, 0) is 32.0 Å². The highest BCUT2D eigenvalue weighted by molar-refractivity contribution is 5.88. The van der Waals surface area contributed by atoms with E-state index in [1.807, 2.05) is 4.90 Å². The molecule has 30 heavy (non-hydrogen) atoms. The fourth-order valence-electron chi connectivity index (χ4n) is 3.41. The number of carbonyl (C=O) groups is 1. The van der Waals surface area contributed by atoms with Gasteiger partial charge in [0.1, 0.15) is 17.0 Å². The van der Waals surface area contributed by atoms with E-state index in [4.69, 9.17) is 5.73 Å². The van der Waals surface area contributed by atoms with E-state index in [-0.39, 0.29) is 18.1 Å². The highest BCUT2D eigenvalue weighted by Gasteiger charge is 2.42. The van der Waals surface area contributed by atoms with Gasteiger partial charge in [0.25, 0.3) is 5.56 Å². The van der Waals surface area contributed by atoms with E-state index in [1.165, 1.54) is 0 Å². The van der Waals surface area contributed by atoms with Gasteiger partial charge in [-0.3, -0.25) is 13.9 Å². The van der Waals surface area contributed by atoms with Crippen LogP contribution in [0.5, 0.6) is 5.75 Å². The van der Waals surface area contributed by atoms with Crippen molar-refractivity contribution in [2.24, 2.45) is 12.8 Å². The van der Waals surface area contributed by atoms with E-state index in [1.54, 1.807) is 0 Å². The second-order valence-corrected chi connectivity index (χ2v) is 7.16. The van der Waals surface area contributed by atoms with Crippen LogP contribution in [0.2, 0.25) is 0 Å². The molecular weight excluding hydrogens is 412 g/mol. The highest BCUT2D eigenvalue weighted by atomic mass is 19.4. The van der Waals surface area contributed by atoms with E-state index in [0.29, 0.717) is 30.3 Å². The van der Waals surface area contributed by atoms with Crippen LogP contribution in [-0.2, 0) is 18.4 Å². The highest BCUT2D eigenvalue weighted by Crippen LogP contribution is 2.27. The van der Waals surface area contributed by atoms with Gasteiger partial charge in [-0.15, -0.1) is 0 Å². The molecule has 12 heteroatoms. The molecule has 0 bridgehead atoms. The maximum absolute atomic E-state index is 14.1. The zero-order valence-corrected chi connectivity index (χ0v) is 16.0. The number of alkyl halides is 3. The first-order valence-electron chi connectivity index (χ1n) is 9.19. The minimum Gasteiger partial charge on any atom is -0.419 e. The Labute approximate surface area is 167 Å². The topological polar surface area (TPSA) is 99.6 Å². The van der Waals surface area contributed by atoms with Gasteiger partial charge in [-0.25, -0.2) is 14.0 Å². The van der Waals surface area contributed by atoms with Crippen LogP contribution >= 0.6 is 0 Å². The number of hydrogen-bond donors (Lipinski definition) is 1. The fraction of sp³-hybridized carbons (Fsp3) is 0.500. The summed E-state index contributed by atoms with van der Waals surface area (Å²) in [5, 5.41) is -0.489. The summed E-state index contributed by atoms with van der Waals surface area (Å²) in [4.78, 5) is 38.4. The van der Waals surface area contributed by atoms with E-state index in [9.17, 15) is 31.9 Å². The van der Waals surface area contributed by atoms with Crippen molar-refractivity contribution in [3.05, 3.63) is 38.8 Å². The number of nitrogens with two attached hydrogens (primary N) is 1. The molecule has 2 heterocycles. The molecule has 164 valence electrons. The van der Waals surface area contributed by atoms with E-state index < -0.39 is 40.3 Å². The van der Waals surface area contributed by atoms with Crippen molar-refractivity contribution in [1.82, 2.24) is 14.0 Å². The molecule has 8 nitrogen and oxygen atoms in total. The second-order valence-electron chi connectivity index (χ2n) is 7.16. The lowest BCUT2D eigenvalue weighted by molar-refractivity contribution is -0.189. The predicted octanol–water partition coefficient (Wildman–Crippen LogP) is 0.730. The lowest BCUT2D eigenvalue weighted by Crippen LogP contribution is -2.43. The largest absolute Gasteiger partial charge is 0.491 e. The molecule has 0 aliphatic carbocycles. The van der Waals surface area contributed by atoms with Crippen LogP contribution in [0.15, 0.2) is 21.7 Å². The average Bonchev–Trinajstić information content (AvgIpc) is 2.66. The van der Waals surface area contributed by atoms with Gasteiger partial charge in [0, 0.05) is 32.2 Å². The number of hydrogen-bond acceptors (Lipinski definition) is 6. The molecule has 1 aliphatic heterocycles. The fourth-order valence-corrected chi connectivity index (χ4v) is 3.41. The Bertz CT molecular complexity index is 1080. The molecule has 1 saturated heterocycles. The molecule has 1 aliphatic rings. The number of piperidine rings is 1. The summed E-state index contributed by atoms with van der Waals surface area (Å²) >= 11 is 0. The van der Waals surface area contributed by atoms with Crippen LogP contribution in [0, 0.1) is 5.82 Å². The van der Waals surface area contributed by atoms with Crippen molar-refractivity contribution >= 4 is 16.9 Å². The summed E-state index contributed by atoms with van der Waals surface area (Å²) in [5.41, 5.74) is 3.85. The van der Waals surface area contributed by atoms with Crippen molar-refractivity contribution in [3.63, 3.8) is 0 Å². The van der Waals surface area contributed by atoms with Gasteiger partial charge in [-0.1, -0.05) is 0 Å². The predicted molar refractivity (Wildman–Crippen MR) is 98.7 cm³/mol. The standard InChI is InChI=1S/C18H20F4N4O4/c1-24-15(27)14-12(8-10(19)9-13(14)30-16(28)18(20,21)22)26(17(24)29)7-6-25-4-2-11(23)3-5-25/h8-9,11H,2-7,23H2,1H3. The quantitative estimate of drug-likeness (QED) is 0.435. The molecule has 1 aromatic carbocycles. The van der Waals surface area contributed by atoms with Crippen LogP contribution in [-0.4, -0.2) is 51.9 Å². The monoisotopic (exact) mass is 432 g/mol. The van der Waals surface area contributed by atoms with Gasteiger partial charge >= 0.3 is 17.8 Å². The Hall–Kier alpha value is -2.73. The van der Waals surface area contributed by atoms with Gasteiger partial charge in [0.05, 0.1) is 5.52 Å². The van der Waals surface area contributed by atoms with Crippen molar-refractivity contribution < 1.29 is 27.1 Å². The van der Waals surface area contributed by atoms with Gasteiger partial charge < -0.3 is 15.4 Å². The molecule has 0 amide bonds. The molecule has 0 saturated carbocycles. The minimum absolute atomic E-state index is 0.0504. The van der Waals surface area contributed by atoms with Crippen LogP contribution in [0.25, 0.3) is 10.9 Å². The Morgan fingerprint density at radius 3 is 2.43 bits per heavy atom. The maximum atomic E-state index is 14.1. The zero-order valence-electron chi connectivity index (χ0n) is 16.0. The number of rotatable bonds is 4. The summed E-state index contributed by atoms with van der Waals surface area (Å²) in [5.74, 6) is -4.55. The lowest BCUT2D eigenvalue weighted by Gasteiger charge is -2.30. The van der Waals surface area contributed by atoms with Crippen molar-refractivity contribution in [1.29, 1.82) is 0 Å². The van der Waals surface area contributed by atoms with Crippen molar-refractivity contribution in [2.45, 2.75) is 31.6 Å².